The number of thiol groups is 1. The number of hydrogen-bond donors (Lipinski definition) is 2. The van der Waals surface area contributed by atoms with Crippen molar-refractivity contribution in [3.63, 3.8) is 0 Å². The molecule has 1 amide bonds. The second kappa shape index (κ2) is 3.77. The van der Waals surface area contributed by atoms with Gasteiger partial charge in [-0.1, -0.05) is 0 Å². The van der Waals surface area contributed by atoms with Gasteiger partial charge in [0.15, 0.2) is 0 Å². The summed E-state index contributed by atoms with van der Waals surface area (Å²) < 4.78 is 0. The summed E-state index contributed by atoms with van der Waals surface area (Å²) in [7, 11) is 0. The Morgan fingerprint density at radius 3 is 2.73 bits per heavy atom. The third kappa shape index (κ3) is 2.09. The van der Waals surface area contributed by atoms with Crippen molar-refractivity contribution >= 4 is 24.2 Å². The first-order valence-electron chi connectivity index (χ1n) is 4.85. The lowest BCUT2D eigenvalue weighted by Crippen LogP contribution is -2.24. The van der Waals surface area contributed by atoms with Crippen LogP contribution in [-0.2, 0) is 4.79 Å². The standard InChI is InChI=1S/C11H13NO2S/c1-7-2-8(4-9(13)3-7)12-6-10(15)5-11(12)14/h2-4,10,13,15H,5-6H2,1H3. The first kappa shape index (κ1) is 10.4. The van der Waals surface area contributed by atoms with Crippen LogP contribution in [0.5, 0.6) is 5.75 Å². The summed E-state index contributed by atoms with van der Waals surface area (Å²) in [6.45, 7) is 2.51. The minimum Gasteiger partial charge on any atom is -0.508 e. The predicted molar refractivity (Wildman–Crippen MR) is 62.6 cm³/mol. The molecule has 1 N–H and O–H groups in total. The Morgan fingerprint density at radius 1 is 1.47 bits per heavy atom. The molecule has 0 saturated carbocycles. The molecule has 0 aromatic heterocycles. The Labute approximate surface area is 94.1 Å². The van der Waals surface area contributed by atoms with Crippen molar-refractivity contribution in [1.29, 1.82) is 0 Å². The fraction of sp³-hybridized carbons (Fsp3) is 0.364. The summed E-state index contributed by atoms with van der Waals surface area (Å²) in [6.07, 6.45) is 0.470. The van der Waals surface area contributed by atoms with Gasteiger partial charge >= 0.3 is 0 Å². The predicted octanol–water partition coefficient (Wildman–Crippen LogP) is 1.74. The summed E-state index contributed by atoms with van der Waals surface area (Å²) in [5.74, 6) is 0.264. The van der Waals surface area contributed by atoms with E-state index in [0.29, 0.717) is 13.0 Å². The number of phenolic OH excluding ortho intramolecular Hbond substituents is 1. The van der Waals surface area contributed by atoms with Crippen LogP contribution in [0, 0.1) is 6.92 Å². The number of amides is 1. The van der Waals surface area contributed by atoms with E-state index >= 15 is 0 Å². The number of aromatic hydroxyl groups is 1. The first-order chi connectivity index (χ1) is 7.06. The van der Waals surface area contributed by atoms with E-state index in [2.05, 4.69) is 12.6 Å². The Morgan fingerprint density at radius 2 is 2.20 bits per heavy atom. The van der Waals surface area contributed by atoms with Crippen molar-refractivity contribution < 1.29 is 9.90 Å². The lowest BCUT2D eigenvalue weighted by atomic mass is 10.2. The molecule has 1 atom stereocenters. The van der Waals surface area contributed by atoms with Crippen molar-refractivity contribution in [3.8, 4) is 5.75 Å². The van der Waals surface area contributed by atoms with Crippen LogP contribution in [0.4, 0.5) is 5.69 Å². The van der Waals surface area contributed by atoms with Gasteiger partial charge in [0.25, 0.3) is 0 Å². The number of hydrogen-bond acceptors (Lipinski definition) is 3. The second-order valence-electron chi connectivity index (χ2n) is 3.89. The molecule has 1 unspecified atom stereocenters. The molecule has 1 saturated heterocycles. The van der Waals surface area contributed by atoms with E-state index in [1.807, 2.05) is 13.0 Å². The number of carbonyl (C=O) groups excluding carboxylic acids is 1. The van der Waals surface area contributed by atoms with Gasteiger partial charge in [0.05, 0.1) is 0 Å². The van der Waals surface area contributed by atoms with Crippen molar-refractivity contribution in [2.45, 2.75) is 18.6 Å². The summed E-state index contributed by atoms with van der Waals surface area (Å²) >= 11 is 4.29. The molecule has 0 radical (unpaired) electrons. The SMILES string of the molecule is Cc1cc(O)cc(N2CC(S)CC2=O)c1. The minimum absolute atomic E-state index is 0.0694. The zero-order chi connectivity index (χ0) is 11.0. The Bertz CT molecular complexity index is 385. The van der Waals surface area contributed by atoms with Gasteiger partial charge in [-0.05, 0) is 24.6 Å². The third-order valence-electron chi connectivity index (χ3n) is 2.46. The molecule has 1 aromatic rings. The van der Waals surface area contributed by atoms with Crippen molar-refractivity contribution in [2.24, 2.45) is 0 Å². The molecule has 0 spiro atoms. The quantitative estimate of drug-likeness (QED) is 0.712. The monoisotopic (exact) mass is 223 g/mol. The van der Waals surface area contributed by atoms with Gasteiger partial charge < -0.3 is 10.0 Å². The molecule has 0 bridgehead atoms. The van der Waals surface area contributed by atoms with Crippen LogP contribution in [0.25, 0.3) is 0 Å². The maximum absolute atomic E-state index is 11.6. The summed E-state index contributed by atoms with van der Waals surface area (Å²) in [5.41, 5.74) is 1.70. The van der Waals surface area contributed by atoms with Crippen molar-refractivity contribution in [1.82, 2.24) is 0 Å². The van der Waals surface area contributed by atoms with Crippen LogP contribution < -0.4 is 4.90 Å². The molecule has 3 nitrogen and oxygen atoms in total. The highest BCUT2D eigenvalue weighted by Gasteiger charge is 2.28. The molecule has 1 fully saturated rings. The largest absolute Gasteiger partial charge is 0.508 e. The fourth-order valence-electron chi connectivity index (χ4n) is 1.84. The second-order valence-corrected chi connectivity index (χ2v) is 4.62. The smallest absolute Gasteiger partial charge is 0.228 e. The molecule has 2 rings (SSSR count). The number of benzene rings is 1. The van der Waals surface area contributed by atoms with E-state index < -0.39 is 0 Å². The minimum atomic E-state index is 0.0694. The summed E-state index contributed by atoms with van der Waals surface area (Å²) in [5, 5.41) is 9.55. The van der Waals surface area contributed by atoms with Gasteiger partial charge in [-0.25, -0.2) is 0 Å². The highest BCUT2D eigenvalue weighted by atomic mass is 32.1. The van der Waals surface area contributed by atoms with Crippen molar-refractivity contribution in [2.75, 3.05) is 11.4 Å². The fourth-order valence-corrected chi connectivity index (χ4v) is 2.16. The van der Waals surface area contributed by atoms with Gasteiger partial charge in [0, 0.05) is 30.0 Å². The van der Waals surface area contributed by atoms with Crippen LogP contribution in [-0.4, -0.2) is 22.8 Å². The van der Waals surface area contributed by atoms with Crippen LogP contribution >= 0.6 is 12.6 Å². The van der Waals surface area contributed by atoms with Crippen LogP contribution in [0.3, 0.4) is 0 Å². The first-order valence-corrected chi connectivity index (χ1v) is 5.37. The third-order valence-corrected chi connectivity index (χ3v) is 2.81. The normalized spacial score (nSPS) is 21.1. The number of anilines is 1. The van der Waals surface area contributed by atoms with E-state index in [9.17, 15) is 9.90 Å². The Hall–Kier alpha value is -1.16. The topological polar surface area (TPSA) is 40.5 Å². The molecule has 15 heavy (non-hydrogen) atoms. The van der Waals surface area contributed by atoms with Gasteiger partial charge in [-0.15, -0.1) is 0 Å². The van der Waals surface area contributed by atoms with Crippen molar-refractivity contribution in [3.05, 3.63) is 23.8 Å². The molecule has 1 heterocycles. The highest BCUT2D eigenvalue weighted by Crippen LogP contribution is 2.27. The van der Waals surface area contributed by atoms with Crippen LogP contribution in [0.15, 0.2) is 18.2 Å². The van der Waals surface area contributed by atoms with Gasteiger partial charge in [-0.2, -0.15) is 12.6 Å². The molecular weight excluding hydrogens is 210 g/mol. The van der Waals surface area contributed by atoms with E-state index in [4.69, 9.17) is 0 Å². The van der Waals surface area contributed by atoms with Gasteiger partial charge in [0.2, 0.25) is 5.91 Å². The lowest BCUT2D eigenvalue weighted by Gasteiger charge is -2.16. The summed E-state index contributed by atoms with van der Waals surface area (Å²) in [4.78, 5) is 13.3. The molecule has 1 aliphatic rings. The van der Waals surface area contributed by atoms with Crippen LogP contribution in [0.1, 0.15) is 12.0 Å². The Kier molecular flexibility index (Phi) is 2.61. The molecular formula is C11H13NO2S. The van der Waals surface area contributed by atoms with Crippen LogP contribution in [0.2, 0.25) is 0 Å². The zero-order valence-corrected chi connectivity index (χ0v) is 9.37. The number of rotatable bonds is 1. The zero-order valence-electron chi connectivity index (χ0n) is 8.47. The van der Waals surface area contributed by atoms with E-state index in [0.717, 1.165) is 11.3 Å². The number of phenols is 1. The highest BCUT2D eigenvalue weighted by molar-refractivity contribution is 7.81. The molecule has 0 aliphatic carbocycles. The van der Waals surface area contributed by atoms with Gasteiger partial charge in [0.1, 0.15) is 5.75 Å². The maximum atomic E-state index is 11.6. The number of carbonyl (C=O) groups is 1. The molecule has 4 heteroatoms. The maximum Gasteiger partial charge on any atom is 0.228 e. The van der Waals surface area contributed by atoms with E-state index in [1.165, 1.54) is 0 Å². The lowest BCUT2D eigenvalue weighted by molar-refractivity contribution is -0.117. The Balaban J connectivity index is 2.33. The average Bonchev–Trinajstić information content (AvgIpc) is 2.43. The average molecular weight is 223 g/mol. The van der Waals surface area contributed by atoms with E-state index in [-0.39, 0.29) is 16.9 Å². The summed E-state index contributed by atoms with van der Waals surface area (Å²) in [6, 6.07) is 5.17. The number of aryl methyl sites for hydroxylation is 1. The molecule has 1 aliphatic heterocycles. The molecule has 80 valence electrons. The van der Waals surface area contributed by atoms with E-state index in [1.54, 1.807) is 17.0 Å². The molecule has 1 aromatic carbocycles. The van der Waals surface area contributed by atoms with Gasteiger partial charge in [-0.3, -0.25) is 4.79 Å². The number of nitrogens with zero attached hydrogens (tertiary/aromatic N) is 1.